The molecule has 1 aliphatic heterocycles. The summed E-state index contributed by atoms with van der Waals surface area (Å²) in [7, 11) is 0. The fraction of sp³-hybridized carbons (Fsp3) is 0.417. The molecule has 2 heterocycles. The molecular formula is C12H14N2OS. The summed E-state index contributed by atoms with van der Waals surface area (Å²) in [5, 5.41) is 0. The monoisotopic (exact) mass is 234 g/mol. The number of rotatable bonds is 1. The van der Waals surface area contributed by atoms with E-state index in [-0.39, 0.29) is 4.75 Å². The van der Waals surface area contributed by atoms with Gasteiger partial charge in [-0.3, -0.25) is 0 Å². The van der Waals surface area contributed by atoms with Crippen molar-refractivity contribution in [1.82, 2.24) is 4.98 Å². The number of hydrogen-bond donors (Lipinski definition) is 1. The molecule has 1 aliphatic rings. The maximum Gasteiger partial charge on any atom is 0.211 e. The Bertz CT molecular complexity index is 529. The minimum absolute atomic E-state index is 0.0332. The molecule has 1 unspecified atom stereocenters. The highest BCUT2D eigenvalue weighted by atomic mass is 32.2. The molecule has 2 aromatic rings. The number of para-hydroxylation sites is 1. The van der Waals surface area contributed by atoms with Gasteiger partial charge in [-0.05, 0) is 37.7 Å². The van der Waals surface area contributed by atoms with Gasteiger partial charge >= 0.3 is 0 Å². The Balaban J connectivity index is 2.15. The molecule has 0 amide bonds. The molecule has 1 fully saturated rings. The summed E-state index contributed by atoms with van der Waals surface area (Å²) in [6, 6.07) is 5.68. The molecule has 1 atom stereocenters. The minimum atomic E-state index is 0.0332. The number of hydrogen-bond acceptors (Lipinski definition) is 4. The second-order valence-corrected chi connectivity index (χ2v) is 5.99. The largest absolute Gasteiger partial charge is 0.439 e. The maximum absolute atomic E-state index is 5.88. The van der Waals surface area contributed by atoms with E-state index in [0.29, 0.717) is 5.69 Å². The third-order valence-corrected chi connectivity index (χ3v) is 4.63. The SMILES string of the molecule is CC1(c2nc3c(N)cccc3o2)CCCS1. The number of anilines is 1. The van der Waals surface area contributed by atoms with Crippen LogP contribution in [0, 0.1) is 0 Å². The van der Waals surface area contributed by atoms with E-state index in [1.54, 1.807) is 0 Å². The third kappa shape index (κ3) is 1.40. The summed E-state index contributed by atoms with van der Waals surface area (Å²) < 4.78 is 5.86. The standard InChI is InChI=1S/C12H14N2OS/c1-12(6-3-7-16-12)11-14-10-8(13)4-2-5-9(10)15-11/h2,4-5H,3,6-7,13H2,1H3. The van der Waals surface area contributed by atoms with E-state index in [1.807, 2.05) is 30.0 Å². The van der Waals surface area contributed by atoms with Crippen LogP contribution in [0.4, 0.5) is 5.69 Å². The van der Waals surface area contributed by atoms with Crippen LogP contribution in [0.1, 0.15) is 25.7 Å². The first-order valence-corrected chi connectivity index (χ1v) is 6.47. The van der Waals surface area contributed by atoms with Crippen molar-refractivity contribution in [3.8, 4) is 0 Å². The molecule has 84 valence electrons. The molecule has 1 saturated heterocycles. The highest BCUT2D eigenvalue weighted by Crippen LogP contribution is 2.46. The molecule has 0 radical (unpaired) electrons. The first-order valence-electron chi connectivity index (χ1n) is 5.48. The van der Waals surface area contributed by atoms with Crippen LogP contribution in [0.3, 0.4) is 0 Å². The van der Waals surface area contributed by atoms with Crippen molar-refractivity contribution in [3.63, 3.8) is 0 Å². The lowest BCUT2D eigenvalue weighted by Crippen LogP contribution is -2.12. The smallest absolute Gasteiger partial charge is 0.211 e. The van der Waals surface area contributed by atoms with Gasteiger partial charge in [-0.2, -0.15) is 0 Å². The highest BCUT2D eigenvalue weighted by Gasteiger charge is 2.36. The second kappa shape index (κ2) is 3.42. The van der Waals surface area contributed by atoms with Gasteiger partial charge in [0, 0.05) is 0 Å². The molecule has 0 aliphatic carbocycles. The zero-order chi connectivity index (χ0) is 11.2. The van der Waals surface area contributed by atoms with Gasteiger partial charge in [0.25, 0.3) is 0 Å². The Morgan fingerprint density at radius 3 is 3.06 bits per heavy atom. The van der Waals surface area contributed by atoms with Crippen LogP contribution in [0.25, 0.3) is 11.1 Å². The topological polar surface area (TPSA) is 52.0 Å². The van der Waals surface area contributed by atoms with Crippen molar-refractivity contribution in [1.29, 1.82) is 0 Å². The van der Waals surface area contributed by atoms with Gasteiger partial charge in [-0.15, -0.1) is 11.8 Å². The number of oxazole rings is 1. The molecule has 0 spiro atoms. The molecule has 1 aromatic heterocycles. The number of fused-ring (bicyclic) bond motifs is 1. The van der Waals surface area contributed by atoms with E-state index < -0.39 is 0 Å². The Kier molecular flexibility index (Phi) is 2.14. The summed E-state index contributed by atoms with van der Waals surface area (Å²) in [4.78, 5) is 4.55. The van der Waals surface area contributed by atoms with Gasteiger partial charge in [0.2, 0.25) is 5.89 Å². The average Bonchev–Trinajstić information content (AvgIpc) is 2.85. The first kappa shape index (κ1) is 10.0. The Labute approximate surface area is 98.4 Å². The Morgan fingerprint density at radius 1 is 1.50 bits per heavy atom. The summed E-state index contributed by atoms with van der Waals surface area (Å²) in [6.07, 6.45) is 2.36. The number of nitrogen functional groups attached to an aromatic ring is 1. The van der Waals surface area contributed by atoms with Crippen molar-refractivity contribution in [2.75, 3.05) is 11.5 Å². The first-order chi connectivity index (χ1) is 7.69. The molecule has 1 aromatic carbocycles. The second-order valence-electron chi connectivity index (χ2n) is 4.40. The number of benzene rings is 1. The van der Waals surface area contributed by atoms with Crippen LogP contribution in [0.2, 0.25) is 0 Å². The Hall–Kier alpha value is -1.16. The Morgan fingerprint density at radius 2 is 2.38 bits per heavy atom. The molecule has 3 rings (SSSR count). The van der Waals surface area contributed by atoms with Gasteiger partial charge < -0.3 is 10.2 Å². The zero-order valence-electron chi connectivity index (χ0n) is 9.19. The van der Waals surface area contributed by atoms with Gasteiger partial charge in [0.1, 0.15) is 5.52 Å². The number of nitrogens with two attached hydrogens (primary N) is 1. The summed E-state index contributed by atoms with van der Waals surface area (Å²) in [6.45, 7) is 2.20. The van der Waals surface area contributed by atoms with E-state index in [1.165, 1.54) is 12.2 Å². The lowest BCUT2D eigenvalue weighted by atomic mass is 10.1. The fourth-order valence-corrected chi connectivity index (χ4v) is 3.38. The molecule has 3 nitrogen and oxygen atoms in total. The van der Waals surface area contributed by atoms with Crippen LogP contribution in [-0.2, 0) is 4.75 Å². The summed E-state index contributed by atoms with van der Waals surface area (Å²) in [5.41, 5.74) is 8.17. The molecule has 4 heteroatoms. The van der Waals surface area contributed by atoms with E-state index in [0.717, 1.165) is 23.4 Å². The van der Waals surface area contributed by atoms with Gasteiger partial charge in [-0.1, -0.05) is 6.07 Å². The minimum Gasteiger partial charge on any atom is -0.439 e. The number of aromatic nitrogens is 1. The number of nitrogens with zero attached hydrogens (tertiary/aromatic N) is 1. The van der Waals surface area contributed by atoms with Crippen molar-refractivity contribution >= 4 is 28.5 Å². The van der Waals surface area contributed by atoms with E-state index in [2.05, 4.69) is 11.9 Å². The van der Waals surface area contributed by atoms with E-state index in [9.17, 15) is 0 Å². The molecule has 0 saturated carbocycles. The molecule has 2 N–H and O–H groups in total. The van der Waals surface area contributed by atoms with Crippen molar-refractivity contribution < 1.29 is 4.42 Å². The van der Waals surface area contributed by atoms with Gasteiger partial charge in [0.05, 0.1) is 10.4 Å². The van der Waals surface area contributed by atoms with Crippen LogP contribution < -0.4 is 5.73 Å². The average molecular weight is 234 g/mol. The van der Waals surface area contributed by atoms with Crippen LogP contribution >= 0.6 is 11.8 Å². The van der Waals surface area contributed by atoms with Crippen LogP contribution in [-0.4, -0.2) is 10.7 Å². The van der Waals surface area contributed by atoms with Crippen LogP contribution in [0.5, 0.6) is 0 Å². The normalized spacial score (nSPS) is 25.3. The quantitative estimate of drug-likeness (QED) is 0.770. The van der Waals surface area contributed by atoms with Gasteiger partial charge in [-0.25, -0.2) is 4.98 Å². The van der Waals surface area contributed by atoms with E-state index >= 15 is 0 Å². The fourth-order valence-electron chi connectivity index (χ4n) is 2.14. The highest BCUT2D eigenvalue weighted by molar-refractivity contribution is 8.00. The molecular weight excluding hydrogens is 220 g/mol. The lowest BCUT2D eigenvalue weighted by molar-refractivity contribution is 0.451. The van der Waals surface area contributed by atoms with Crippen molar-refractivity contribution in [3.05, 3.63) is 24.1 Å². The molecule has 0 bridgehead atoms. The summed E-state index contributed by atoms with van der Waals surface area (Å²) in [5.74, 6) is 2.01. The summed E-state index contributed by atoms with van der Waals surface area (Å²) >= 11 is 1.92. The van der Waals surface area contributed by atoms with Crippen molar-refractivity contribution in [2.45, 2.75) is 24.5 Å². The zero-order valence-corrected chi connectivity index (χ0v) is 10.0. The molecule has 16 heavy (non-hydrogen) atoms. The maximum atomic E-state index is 5.88. The van der Waals surface area contributed by atoms with Crippen LogP contribution in [0.15, 0.2) is 22.6 Å². The third-order valence-electron chi connectivity index (χ3n) is 3.12. The predicted molar refractivity (Wildman–Crippen MR) is 67.5 cm³/mol. The van der Waals surface area contributed by atoms with Gasteiger partial charge in [0.15, 0.2) is 5.58 Å². The van der Waals surface area contributed by atoms with E-state index in [4.69, 9.17) is 10.2 Å². The lowest BCUT2D eigenvalue weighted by Gasteiger charge is -2.17. The number of thioether (sulfide) groups is 1. The predicted octanol–water partition coefficient (Wildman–Crippen LogP) is 3.15. The van der Waals surface area contributed by atoms with Crippen molar-refractivity contribution in [2.24, 2.45) is 0 Å².